The van der Waals surface area contributed by atoms with Crippen LogP contribution in [0.15, 0.2) is 12.4 Å². The predicted molar refractivity (Wildman–Crippen MR) is 56.4 cm³/mol. The molecule has 1 aliphatic heterocycles. The summed E-state index contributed by atoms with van der Waals surface area (Å²) in [6.07, 6.45) is 7.24. The van der Waals surface area contributed by atoms with Crippen molar-refractivity contribution in [1.82, 2.24) is 15.1 Å². The number of nitrogens with zero attached hydrogens (tertiary/aromatic N) is 2. The Morgan fingerprint density at radius 3 is 3.00 bits per heavy atom. The van der Waals surface area contributed by atoms with E-state index in [2.05, 4.69) is 10.4 Å². The van der Waals surface area contributed by atoms with E-state index in [1.54, 1.807) is 0 Å². The fourth-order valence-electron chi connectivity index (χ4n) is 2.21. The SMILES string of the molecule is Cn1cc(C2CNCC(C3CC3)O2)cn1. The molecule has 1 aromatic heterocycles. The van der Waals surface area contributed by atoms with Gasteiger partial charge in [-0.3, -0.25) is 4.68 Å². The lowest BCUT2D eigenvalue weighted by Gasteiger charge is -2.30. The van der Waals surface area contributed by atoms with Crippen molar-refractivity contribution >= 4 is 0 Å². The largest absolute Gasteiger partial charge is 0.367 e. The topological polar surface area (TPSA) is 39.1 Å². The molecule has 1 saturated heterocycles. The summed E-state index contributed by atoms with van der Waals surface area (Å²) in [5, 5.41) is 7.64. The minimum Gasteiger partial charge on any atom is -0.367 e. The first-order valence-corrected chi connectivity index (χ1v) is 5.67. The Kier molecular flexibility index (Phi) is 2.25. The average Bonchev–Trinajstić information content (AvgIpc) is 3.02. The standard InChI is InChI=1S/C11H17N3O/c1-14-7-9(4-13-14)11-6-12-5-10(15-11)8-2-3-8/h4,7-8,10-12H,2-3,5-6H2,1H3. The van der Waals surface area contributed by atoms with Gasteiger partial charge < -0.3 is 10.1 Å². The van der Waals surface area contributed by atoms with E-state index in [9.17, 15) is 0 Å². The Bertz CT molecular complexity index is 345. The molecule has 0 radical (unpaired) electrons. The summed E-state index contributed by atoms with van der Waals surface area (Å²) >= 11 is 0. The minimum atomic E-state index is 0.193. The molecule has 2 unspecified atom stereocenters. The van der Waals surface area contributed by atoms with Gasteiger partial charge >= 0.3 is 0 Å². The third kappa shape index (κ3) is 1.92. The molecule has 0 amide bonds. The highest BCUT2D eigenvalue weighted by Gasteiger charge is 2.36. The Balaban J connectivity index is 1.70. The summed E-state index contributed by atoms with van der Waals surface area (Å²) in [7, 11) is 1.94. The quantitative estimate of drug-likeness (QED) is 0.781. The zero-order valence-electron chi connectivity index (χ0n) is 9.02. The Morgan fingerprint density at radius 1 is 1.47 bits per heavy atom. The van der Waals surface area contributed by atoms with E-state index in [4.69, 9.17) is 4.74 Å². The van der Waals surface area contributed by atoms with Crippen molar-refractivity contribution in [3.8, 4) is 0 Å². The van der Waals surface area contributed by atoms with Crippen molar-refractivity contribution in [2.75, 3.05) is 13.1 Å². The van der Waals surface area contributed by atoms with Gasteiger partial charge in [-0.25, -0.2) is 0 Å². The molecule has 15 heavy (non-hydrogen) atoms. The van der Waals surface area contributed by atoms with E-state index < -0.39 is 0 Å². The summed E-state index contributed by atoms with van der Waals surface area (Å²) in [6, 6.07) is 0. The zero-order chi connectivity index (χ0) is 10.3. The molecule has 0 aromatic carbocycles. The summed E-state index contributed by atoms with van der Waals surface area (Å²) in [5.41, 5.74) is 1.19. The lowest BCUT2D eigenvalue weighted by molar-refractivity contribution is -0.0493. The number of ether oxygens (including phenoxy) is 1. The fourth-order valence-corrected chi connectivity index (χ4v) is 2.21. The van der Waals surface area contributed by atoms with E-state index in [0.717, 1.165) is 19.0 Å². The second-order valence-electron chi connectivity index (χ2n) is 4.61. The van der Waals surface area contributed by atoms with E-state index in [1.807, 2.05) is 24.1 Å². The Labute approximate surface area is 89.6 Å². The van der Waals surface area contributed by atoms with E-state index >= 15 is 0 Å². The molecule has 4 nitrogen and oxygen atoms in total. The number of rotatable bonds is 2. The summed E-state index contributed by atoms with van der Waals surface area (Å²) in [6.45, 7) is 1.93. The van der Waals surface area contributed by atoms with Crippen LogP contribution in [0.4, 0.5) is 0 Å². The van der Waals surface area contributed by atoms with E-state index in [-0.39, 0.29) is 6.10 Å². The highest BCUT2D eigenvalue weighted by atomic mass is 16.5. The fraction of sp³-hybridized carbons (Fsp3) is 0.727. The number of morpholine rings is 1. The van der Waals surface area contributed by atoms with Crippen LogP contribution in [0, 0.1) is 5.92 Å². The van der Waals surface area contributed by atoms with Gasteiger partial charge in [0, 0.05) is 31.9 Å². The maximum atomic E-state index is 6.09. The highest BCUT2D eigenvalue weighted by Crippen LogP contribution is 2.37. The predicted octanol–water partition coefficient (Wildman–Crippen LogP) is 0.860. The van der Waals surface area contributed by atoms with Crippen LogP contribution in [0.2, 0.25) is 0 Å². The molecule has 1 aromatic rings. The number of hydrogen-bond acceptors (Lipinski definition) is 3. The van der Waals surface area contributed by atoms with Crippen molar-refractivity contribution in [1.29, 1.82) is 0 Å². The third-order valence-electron chi connectivity index (χ3n) is 3.26. The monoisotopic (exact) mass is 207 g/mol. The lowest BCUT2D eigenvalue weighted by atomic mass is 10.1. The summed E-state index contributed by atoms with van der Waals surface area (Å²) in [4.78, 5) is 0. The second-order valence-corrected chi connectivity index (χ2v) is 4.61. The molecular weight excluding hydrogens is 190 g/mol. The summed E-state index contributed by atoms with van der Waals surface area (Å²) in [5.74, 6) is 0.803. The van der Waals surface area contributed by atoms with Gasteiger partial charge in [0.15, 0.2) is 0 Å². The zero-order valence-corrected chi connectivity index (χ0v) is 9.02. The van der Waals surface area contributed by atoms with E-state index in [1.165, 1.54) is 18.4 Å². The molecule has 0 bridgehead atoms. The molecule has 3 rings (SSSR count). The van der Waals surface area contributed by atoms with Gasteiger partial charge in [0.25, 0.3) is 0 Å². The van der Waals surface area contributed by atoms with Gasteiger partial charge in [-0.15, -0.1) is 0 Å². The normalized spacial score (nSPS) is 31.8. The van der Waals surface area contributed by atoms with Crippen LogP contribution >= 0.6 is 0 Å². The molecule has 2 heterocycles. The van der Waals surface area contributed by atoms with Gasteiger partial charge in [0.2, 0.25) is 0 Å². The van der Waals surface area contributed by atoms with Crippen LogP contribution in [0.3, 0.4) is 0 Å². The maximum Gasteiger partial charge on any atom is 0.0984 e. The number of nitrogens with one attached hydrogen (secondary N) is 1. The van der Waals surface area contributed by atoms with Crippen LogP contribution in [0.1, 0.15) is 24.5 Å². The van der Waals surface area contributed by atoms with Crippen molar-refractivity contribution in [2.45, 2.75) is 25.0 Å². The van der Waals surface area contributed by atoms with Crippen LogP contribution in [0.25, 0.3) is 0 Å². The van der Waals surface area contributed by atoms with Crippen molar-refractivity contribution < 1.29 is 4.74 Å². The highest BCUT2D eigenvalue weighted by molar-refractivity contribution is 5.10. The van der Waals surface area contributed by atoms with Crippen molar-refractivity contribution in [2.24, 2.45) is 13.0 Å². The Morgan fingerprint density at radius 2 is 2.33 bits per heavy atom. The number of aromatic nitrogens is 2. The van der Waals surface area contributed by atoms with Crippen molar-refractivity contribution in [3.63, 3.8) is 0 Å². The molecule has 0 spiro atoms. The lowest BCUT2D eigenvalue weighted by Crippen LogP contribution is -2.41. The molecule has 4 heteroatoms. The summed E-state index contributed by atoms with van der Waals surface area (Å²) < 4.78 is 7.93. The third-order valence-corrected chi connectivity index (χ3v) is 3.26. The van der Waals surface area contributed by atoms with Crippen LogP contribution in [0.5, 0.6) is 0 Å². The molecule has 1 N–H and O–H groups in total. The van der Waals surface area contributed by atoms with Crippen molar-refractivity contribution in [3.05, 3.63) is 18.0 Å². The first-order chi connectivity index (χ1) is 7.33. The first kappa shape index (κ1) is 9.36. The maximum absolute atomic E-state index is 6.09. The molecule has 82 valence electrons. The first-order valence-electron chi connectivity index (χ1n) is 5.67. The number of hydrogen-bond donors (Lipinski definition) is 1. The van der Waals surface area contributed by atoms with Crippen LogP contribution in [-0.4, -0.2) is 29.0 Å². The van der Waals surface area contributed by atoms with Gasteiger partial charge in [-0.05, 0) is 18.8 Å². The van der Waals surface area contributed by atoms with Gasteiger partial charge in [0.05, 0.1) is 18.4 Å². The molecule has 2 atom stereocenters. The molecule has 2 fully saturated rings. The molecule has 1 aliphatic carbocycles. The smallest absolute Gasteiger partial charge is 0.0984 e. The number of aryl methyl sites for hydroxylation is 1. The minimum absolute atomic E-state index is 0.193. The van der Waals surface area contributed by atoms with Gasteiger partial charge in [-0.2, -0.15) is 5.10 Å². The van der Waals surface area contributed by atoms with Crippen LogP contribution in [-0.2, 0) is 11.8 Å². The van der Waals surface area contributed by atoms with Gasteiger partial charge in [-0.1, -0.05) is 0 Å². The molecule has 2 aliphatic rings. The Hall–Kier alpha value is -0.870. The van der Waals surface area contributed by atoms with Crippen LogP contribution < -0.4 is 5.32 Å². The molecule has 1 saturated carbocycles. The van der Waals surface area contributed by atoms with Gasteiger partial charge in [0.1, 0.15) is 0 Å². The molecular formula is C11H17N3O. The second kappa shape index (κ2) is 3.61. The average molecular weight is 207 g/mol. The van der Waals surface area contributed by atoms with E-state index in [0.29, 0.717) is 6.10 Å².